The van der Waals surface area contributed by atoms with Gasteiger partial charge in [-0.3, -0.25) is 9.59 Å². The molecule has 3 amide bonds. The van der Waals surface area contributed by atoms with Gasteiger partial charge in [-0.15, -0.1) is 0 Å². The van der Waals surface area contributed by atoms with Crippen molar-refractivity contribution in [1.29, 1.82) is 0 Å². The molecular weight excluding hydrogens is 540 g/mol. The van der Waals surface area contributed by atoms with Crippen LogP contribution in [0.2, 0.25) is 0 Å². The molecule has 226 valence electrons. The van der Waals surface area contributed by atoms with E-state index in [2.05, 4.69) is 39.8 Å². The van der Waals surface area contributed by atoms with Crippen LogP contribution in [0.25, 0.3) is 0 Å². The van der Waals surface area contributed by atoms with Gasteiger partial charge in [-0.1, -0.05) is 91.0 Å². The van der Waals surface area contributed by atoms with Crippen LogP contribution in [-0.2, 0) is 27.4 Å². The lowest BCUT2D eigenvalue weighted by atomic mass is 9.79. The lowest BCUT2D eigenvalue weighted by molar-refractivity contribution is -0.165. The van der Waals surface area contributed by atoms with Gasteiger partial charge in [0, 0.05) is 26.2 Å². The number of rotatable bonds is 11. The highest BCUT2D eigenvalue weighted by molar-refractivity contribution is 6.00. The molecule has 0 aliphatic carbocycles. The number of carbonyl (C=O) groups excluding carboxylic acids is 3. The SMILES string of the molecule is CC(c1ccccc1)N1C(=O)[C@H](CCCNC(=O)OCc2ccccc2)NC(=O)C12CCN(CCc1ccccc1)CC2. The van der Waals surface area contributed by atoms with Gasteiger partial charge in [-0.25, -0.2) is 4.79 Å². The normalized spacial score (nSPS) is 19.1. The van der Waals surface area contributed by atoms with Crippen molar-refractivity contribution in [2.45, 2.75) is 63.3 Å². The van der Waals surface area contributed by atoms with Gasteiger partial charge in [0.15, 0.2) is 0 Å². The summed E-state index contributed by atoms with van der Waals surface area (Å²) in [6, 6.07) is 29.0. The van der Waals surface area contributed by atoms with Crippen molar-refractivity contribution in [3.63, 3.8) is 0 Å². The second-order valence-corrected chi connectivity index (χ2v) is 11.6. The minimum absolute atomic E-state index is 0.0552. The molecule has 5 rings (SSSR count). The molecule has 3 aromatic carbocycles. The first-order valence-electron chi connectivity index (χ1n) is 15.4. The van der Waals surface area contributed by atoms with Gasteiger partial charge in [-0.05, 0) is 55.7 Å². The van der Waals surface area contributed by atoms with Crippen LogP contribution in [0.5, 0.6) is 0 Å². The molecular formula is C35H42N4O4. The number of likely N-dealkylation sites (tertiary alicyclic amines) is 1. The fourth-order valence-electron chi connectivity index (χ4n) is 6.30. The summed E-state index contributed by atoms with van der Waals surface area (Å²) in [5, 5.41) is 5.84. The molecule has 2 aliphatic heterocycles. The van der Waals surface area contributed by atoms with E-state index in [-0.39, 0.29) is 24.5 Å². The predicted molar refractivity (Wildman–Crippen MR) is 166 cm³/mol. The molecule has 0 bridgehead atoms. The maximum absolute atomic E-state index is 14.1. The number of carbonyl (C=O) groups is 3. The summed E-state index contributed by atoms with van der Waals surface area (Å²) in [7, 11) is 0. The molecule has 2 N–H and O–H groups in total. The lowest BCUT2D eigenvalue weighted by Gasteiger charge is -2.54. The van der Waals surface area contributed by atoms with Gasteiger partial charge in [0.2, 0.25) is 11.8 Å². The maximum Gasteiger partial charge on any atom is 0.407 e. The Bertz CT molecular complexity index is 1340. The molecule has 0 saturated carbocycles. The Kier molecular flexibility index (Phi) is 10.1. The summed E-state index contributed by atoms with van der Waals surface area (Å²) in [6.45, 7) is 5.01. The minimum atomic E-state index is -0.883. The van der Waals surface area contributed by atoms with Crippen LogP contribution in [0.15, 0.2) is 91.0 Å². The van der Waals surface area contributed by atoms with E-state index in [1.165, 1.54) is 5.56 Å². The van der Waals surface area contributed by atoms with Crippen LogP contribution in [0, 0.1) is 0 Å². The van der Waals surface area contributed by atoms with Crippen molar-refractivity contribution in [1.82, 2.24) is 20.4 Å². The van der Waals surface area contributed by atoms with E-state index in [0.717, 1.165) is 37.2 Å². The molecule has 8 nitrogen and oxygen atoms in total. The molecule has 43 heavy (non-hydrogen) atoms. The van der Waals surface area contributed by atoms with E-state index in [9.17, 15) is 14.4 Å². The average molecular weight is 583 g/mol. The van der Waals surface area contributed by atoms with Crippen LogP contribution in [-0.4, -0.2) is 65.5 Å². The van der Waals surface area contributed by atoms with Gasteiger partial charge >= 0.3 is 6.09 Å². The van der Waals surface area contributed by atoms with Crippen LogP contribution >= 0.6 is 0 Å². The first-order chi connectivity index (χ1) is 21.0. The van der Waals surface area contributed by atoms with Crippen molar-refractivity contribution >= 4 is 17.9 Å². The van der Waals surface area contributed by atoms with Gasteiger partial charge < -0.3 is 25.2 Å². The van der Waals surface area contributed by atoms with E-state index in [1.807, 2.05) is 78.6 Å². The Hall–Kier alpha value is -4.17. The minimum Gasteiger partial charge on any atom is -0.445 e. The van der Waals surface area contributed by atoms with Gasteiger partial charge in [-0.2, -0.15) is 0 Å². The van der Waals surface area contributed by atoms with Crippen LogP contribution in [0.3, 0.4) is 0 Å². The summed E-state index contributed by atoms with van der Waals surface area (Å²) >= 11 is 0. The molecule has 2 aliphatic rings. The second kappa shape index (κ2) is 14.3. The zero-order valence-corrected chi connectivity index (χ0v) is 24.9. The molecule has 0 aromatic heterocycles. The average Bonchev–Trinajstić information content (AvgIpc) is 3.05. The molecule has 3 aromatic rings. The fraction of sp³-hybridized carbons (Fsp3) is 0.400. The fourth-order valence-corrected chi connectivity index (χ4v) is 6.30. The smallest absolute Gasteiger partial charge is 0.407 e. The summed E-state index contributed by atoms with van der Waals surface area (Å²) in [5.74, 6) is -0.127. The first-order valence-corrected chi connectivity index (χ1v) is 15.4. The van der Waals surface area contributed by atoms with E-state index in [1.54, 1.807) is 0 Å². The zero-order chi connectivity index (χ0) is 30.1. The van der Waals surface area contributed by atoms with Crippen LogP contribution < -0.4 is 10.6 Å². The van der Waals surface area contributed by atoms with Crippen molar-refractivity contribution in [2.75, 3.05) is 26.2 Å². The van der Waals surface area contributed by atoms with E-state index in [0.29, 0.717) is 32.2 Å². The van der Waals surface area contributed by atoms with E-state index >= 15 is 0 Å². The van der Waals surface area contributed by atoms with Crippen molar-refractivity contribution in [3.8, 4) is 0 Å². The van der Waals surface area contributed by atoms with Crippen molar-refractivity contribution in [2.24, 2.45) is 0 Å². The molecule has 1 spiro atoms. The highest BCUT2D eigenvalue weighted by Crippen LogP contribution is 2.39. The summed E-state index contributed by atoms with van der Waals surface area (Å²) in [5.41, 5.74) is 2.34. The Morgan fingerprint density at radius 3 is 2.19 bits per heavy atom. The van der Waals surface area contributed by atoms with E-state index in [4.69, 9.17) is 4.74 Å². The van der Waals surface area contributed by atoms with Crippen LogP contribution in [0.1, 0.15) is 55.3 Å². The third kappa shape index (κ3) is 7.43. The highest BCUT2D eigenvalue weighted by atomic mass is 16.5. The molecule has 1 unspecified atom stereocenters. The number of alkyl carbamates (subject to hydrolysis) is 1. The van der Waals surface area contributed by atoms with Gasteiger partial charge in [0.25, 0.3) is 0 Å². The van der Waals surface area contributed by atoms with E-state index < -0.39 is 17.7 Å². The number of nitrogens with one attached hydrogen (secondary N) is 2. The Morgan fingerprint density at radius 1 is 0.930 bits per heavy atom. The second-order valence-electron chi connectivity index (χ2n) is 11.6. The van der Waals surface area contributed by atoms with Crippen LogP contribution in [0.4, 0.5) is 4.79 Å². The van der Waals surface area contributed by atoms with Gasteiger partial charge in [0.05, 0.1) is 6.04 Å². The summed E-state index contributed by atoms with van der Waals surface area (Å²) in [4.78, 5) is 44.5. The van der Waals surface area contributed by atoms with Gasteiger partial charge in [0.1, 0.15) is 18.2 Å². The number of benzene rings is 3. The topological polar surface area (TPSA) is 91.0 Å². The predicted octanol–water partition coefficient (Wildman–Crippen LogP) is 4.86. The molecule has 2 heterocycles. The Balaban J connectivity index is 1.20. The maximum atomic E-state index is 14.1. The third-order valence-corrected chi connectivity index (χ3v) is 8.79. The summed E-state index contributed by atoms with van der Waals surface area (Å²) < 4.78 is 5.28. The Morgan fingerprint density at radius 2 is 1.53 bits per heavy atom. The monoisotopic (exact) mass is 582 g/mol. The largest absolute Gasteiger partial charge is 0.445 e. The zero-order valence-electron chi connectivity index (χ0n) is 24.9. The molecule has 8 heteroatoms. The molecule has 2 fully saturated rings. The third-order valence-electron chi connectivity index (χ3n) is 8.79. The standard InChI is InChI=1S/C35H42N4O4/c1-27(30-16-9-4-10-17-30)39-32(40)31(18-11-22-36-34(42)43-26-29-14-7-3-8-15-29)37-33(41)35(39)20-24-38(25-21-35)23-19-28-12-5-2-6-13-28/h2-10,12-17,27,31H,11,18-26H2,1H3,(H,36,42)(H,37,41)/t27?,31-/m0/s1. The number of nitrogens with zero attached hydrogens (tertiary/aromatic N) is 2. The number of amides is 3. The highest BCUT2D eigenvalue weighted by Gasteiger charge is 2.55. The lowest BCUT2D eigenvalue weighted by Crippen LogP contribution is -2.73. The van der Waals surface area contributed by atoms with Crippen molar-refractivity contribution < 1.29 is 19.1 Å². The first kappa shape index (κ1) is 30.3. The summed E-state index contributed by atoms with van der Waals surface area (Å²) in [6.07, 6.45) is 2.61. The van der Waals surface area contributed by atoms with Crippen molar-refractivity contribution in [3.05, 3.63) is 108 Å². The molecule has 2 saturated heterocycles. The molecule has 2 atom stereocenters. The Labute approximate surface area is 254 Å². The number of hydrogen-bond acceptors (Lipinski definition) is 5. The number of hydrogen-bond donors (Lipinski definition) is 2. The quantitative estimate of drug-likeness (QED) is 0.315. The number of piperazine rings is 1. The molecule has 0 radical (unpaired) electrons. The number of ether oxygens (including phenoxy) is 1. The number of piperidine rings is 1.